The van der Waals surface area contributed by atoms with Gasteiger partial charge >= 0.3 is 12.1 Å². The maximum Gasteiger partial charge on any atom is 0.408 e. The van der Waals surface area contributed by atoms with Gasteiger partial charge < -0.3 is 25.1 Å². The highest BCUT2D eigenvalue weighted by atomic mass is 16.6. The van der Waals surface area contributed by atoms with Crippen molar-refractivity contribution in [2.24, 2.45) is 23.7 Å². The zero-order chi connectivity index (χ0) is 29.1. The standard InChI is InChI=1S/C34H39N3O5/c1-33(17-25-19-35-28-11-7-6-10-26(25)28,37-32(40)42-29-23-13-20-12-21(15-23)16-24(29)14-20)30(38)36-34(31(39)41-2)18-27(34)22-8-4-3-5-9-22/h3-11,19-21,23-24,27,29,35H,12-18H2,1-2H3,(H,36,38)(H,37,40)/t20?,21?,23?,24?,27-,29?,33-,34+/m1/s1. The molecule has 5 aliphatic rings. The Hall–Kier alpha value is -3.81. The highest BCUT2D eigenvalue weighted by Crippen LogP contribution is 2.55. The van der Waals surface area contributed by atoms with Crippen LogP contribution in [0.25, 0.3) is 10.9 Å². The number of para-hydroxylation sites is 1. The summed E-state index contributed by atoms with van der Waals surface area (Å²) in [6.45, 7) is 1.72. The molecule has 0 radical (unpaired) electrons. The van der Waals surface area contributed by atoms with Gasteiger partial charge in [-0.25, -0.2) is 9.59 Å². The molecule has 4 bridgehead atoms. The average Bonchev–Trinajstić information content (AvgIpc) is 3.58. The van der Waals surface area contributed by atoms with E-state index in [1.165, 1.54) is 13.5 Å². The summed E-state index contributed by atoms with van der Waals surface area (Å²) in [5.74, 6) is 1.18. The van der Waals surface area contributed by atoms with Crippen LogP contribution >= 0.6 is 0 Å². The molecule has 0 unspecified atom stereocenters. The van der Waals surface area contributed by atoms with E-state index in [2.05, 4.69) is 15.6 Å². The molecule has 5 aliphatic carbocycles. The van der Waals surface area contributed by atoms with Crippen molar-refractivity contribution in [3.8, 4) is 0 Å². The maximum atomic E-state index is 14.3. The predicted molar refractivity (Wildman–Crippen MR) is 158 cm³/mol. The fourth-order valence-corrected chi connectivity index (χ4v) is 8.57. The SMILES string of the molecule is COC(=O)[C@]1(NC(=O)[C@@](C)(Cc2c[nH]c3ccccc23)NC(=O)OC2C3CC4CC(C3)CC2C4)C[C@@H]1c1ccccc1. The summed E-state index contributed by atoms with van der Waals surface area (Å²) in [5.41, 5.74) is 0.209. The average molecular weight is 570 g/mol. The lowest BCUT2D eigenvalue weighted by molar-refractivity contribution is -0.147. The Morgan fingerprint density at radius 3 is 2.31 bits per heavy atom. The fourth-order valence-electron chi connectivity index (χ4n) is 8.57. The molecule has 3 N–H and O–H groups in total. The number of alkyl carbamates (subject to hydrolysis) is 1. The van der Waals surface area contributed by atoms with Crippen molar-refractivity contribution in [2.75, 3.05) is 7.11 Å². The molecule has 220 valence electrons. The number of amides is 2. The topological polar surface area (TPSA) is 110 Å². The van der Waals surface area contributed by atoms with E-state index in [9.17, 15) is 14.4 Å². The Morgan fingerprint density at radius 2 is 1.62 bits per heavy atom. The number of hydrogen-bond acceptors (Lipinski definition) is 5. The molecular weight excluding hydrogens is 530 g/mol. The molecule has 8 nitrogen and oxygen atoms in total. The van der Waals surface area contributed by atoms with Crippen molar-refractivity contribution < 1.29 is 23.9 Å². The minimum absolute atomic E-state index is 0.106. The van der Waals surface area contributed by atoms with Gasteiger partial charge in [-0.1, -0.05) is 48.5 Å². The normalized spacial score (nSPS) is 32.1. The van der Waals surface area contributed by atoms with Gasteiger partial charge in [-0.2, -0.15) is 0 Å². The molecule has 3 atom stereocenters. The Bertz CT molecular complexity index is 1490. The van der Waals surface area contributed by atoms with Gasteiger partial charge in [-0.15, -0.1) is 0 Å². The zero-order valence-electron chi connectivity index (χ0n) is 24.2. The second-order valence-electron chi connectivity index (χ2n) is 13.4. The number of nitrogens with one attached hydrogen (secondary N) is 3. The van der Waals surface area contributed by atoms with E-state index in [-0.39, 0.29) is 18.4 Å². The first-order valence-electron chi connectivity index (χ1n) is 15.3. The summed E-state index contributed by atoms with van der Waals surface area (Å²) in [4.78, 5) is 44.2. The summed E-state index contributed by atoms with van der Waals surface area (Å²) in [6, 6.07) is 17.5. The number of rotatable bonds is 8. The molecule has 2 aromatic carbocycles. The number of aromatic amines is 1. The third-order valence-electron chi connectivity index (χ3n) is 10.5. The first-order valence-corrected chi connectivity index (χ1v) is 15.3. The summed E-state index contributed by atoms with van der Waals surface area (Å²) in [7, 11) is 1.34. The second kappa shape index (κ2) is 10.2. The van der Waals surface area contributed by atoms with Gasteiger partial charge in [0.2, 0.25) is 5.91 Å². The van der Waals surface area contributed by atoms with Crippen molar-refractivity contribution in [3.63, 3.8) is 0 Å². The quantitative estimate of drug-likeness (QED) is 0.322. The van der Waals surface area contributed by atoms with Crippen LogP contribution < -0.4 is 10.6 Å². The Balaban J connectivity index is 1.15. The third-order valence-corrected chi connectivity index (χ3v) is 10.5. The molecule has 1 heterocycles. The lowest BCUT2D eigenvalue weighted by Crippen LogP contribution is -2.62. The molecule has 5 fully saturated rings. The van der Waals surface area contributed by atoms with Crippen LogP contribution in [0.1, 0.15) is 62.5 Å². The number of methoxy groups -OCH3 is 1. The van der Waals surface area contributed by atoms with E-state index in [1.807, 2.05) is 60.8 Å². The number of carbonyl (C=O) groups excluding carboxylic acids is 3. The Morgan fingerprint density at radius 1 is 0.952 bits per heavy atom. The number of hydrogen-bond donors (Lipinski definition) is 3. The molecule has 0 spiro atoms. The van der Waals surface area contributed by atoms with E-state index in [4.69, 9.17) is 9.47 Å². The molecule has 3 aromatic rings. The minimum Gasteiger partial charge on any atom is -0.467 e. The Labute approximate surface area is 245 Å². The van der Waals surface area contributed by atoms with Gasteiger partial charge in [0.1, 0.15) is 17.2 Å². The van der Waals surface area contributed by atoms with Crippen LogP contribution in [0.5, 0.6) is 0 Å². The van der Waals surface area contributed by atoms with Gasteiger partial charge in [0.25, 0.3) is 0 Å². The number of esters is 1. The molecule has 42 heavy (non-hydrogen) atoms. The second-order valence-corrected chi connectivity index (χ2v) is 13.4. The first-order chi connectivity index (χ1) is 20.3. The van der Waals surface area contributed by atoms with Gasteiger partial charge in [0.05, 0.1) is 7.11 Å². The van der Waals surface area contributed by atoms with Crippen LogP contribution in [0, 0.1) is 23.7 Å². The first kappa shape index (κ1) is 27.0. The summed E-state index contributed by atoms with van der Waals surface area (Å²) in [5, 5.41) is 6.99. The van der Waals surface area contributed by atoms with Gasteiger partial charge in [0.15, 0.2) is 0 Å². The molecule has 0 saturated heterocycles. The lowest BCUT2D eigenvalue weighted by Gasteiger charge is -2.53. The van der Waals surface area contributed by atoms with Crippen molar-refractivity contribution >= 4 is 28.9 Å². The smallest absolute Gasteiger partial charge is 0.408 e. The number of benzene rings is 2. The van der Waals surface area contributed by atoms with E-state index in [0.717, 1.165) is 59.5 Å². The summed E-state index contributed by atoms with van der Waals surface area (Å²) >= 11 is 0. The molecule has 5 saturated carbocycles. The fraction of sp³-hybridized carbons (Fsp3) is 0.500. The monoisotopic (exact) mass is 569 g/mol. The lowest BCUT2D eigenvalue weighted by atomic mass is 9.55. The molecule has 8 heteroatoms. The van der Waals surface area contributed by atoms with Crippen molar-refractivity contribution in [3.05, 3.63) is 71.9 Å². The van der Waals surface area contributed by atoms with Gasteiger partial charge in [-0.3, -0.25) is 4.79 Å². The van der Waals surface area contributed by atoms with Crippen molar-refractivity contribution in [1.29, 1.82) is 0 Å². The van der Waals surface area contributed by atoms with E-state index in [1.54, 1.807) is 6.92 Å². The van der Waals surface area contributed by atoms with Crippen molar-refractivity contribution in [2.45, 2.75) is 75.0 Å². The molecular formula is C34H39N3O5. The summed E-state index contributed by atoms with van der Waals surface area (Å²) < 4.78 is 11.3. The maximum absolute atomic E-state index is 14.3. The zero-order valence-corrected chi connectivity index (χ0v) is 24.2. The van der Waals surface area contributed by atoms with Crippen LogP contribution in [-0.2, 0) is 25.5 Å². The number of fused-ring (bicyclic) bond motifs is 1. The highest BCUT2D eigenvalue weighted by Gasteiger charge is 2.64. The number of H-pyrrole nitrogens is 1. The van der Waals surface area contributed by atoms with Crippen LogP contribution in [0.3, 0.4) is 0 Å². The molecule has 8 rings (SSSR count). The summed E-state index contributed by atoms with van der Waals surface area (Å²) in [6.07, 6.45) is 7.66. The van der Waals surface area contributed by atoms with Gasteiger partial charge in [-0.05, 0) is 86.3 Å². The van der Waals surface area contributed by atoms with E-state index < -0.39 is 29.0 Å². The Kier molecular flexibility index (Phi) is 6.55. The number of ether oxygens (including phenoxy) is 2. The largest absolute Gasteiger partial charge is 0.467 e. The highest BCUT2D eigenvalue weighted by molar-refractivity contribution is 5.98. The number of carbonyl (C=O) groups is 3. The van der Waals surface area contributed by atoms with E-state index >= 15 is 0 Å². The third kappa shape index (κ3) is 4.65. The van der Waals surface area contributed by atoms with Crippen LogP contribution in [0.15, 0.2) is 60.8 Å². The molecule has 1 aromatic heterocycles. The molecule has 0 aliphatic heterocycles. The van der Waals surface area contributed by atoms with Crippen LogP contribution in [0.2, 0.25) is 0 Å². The minimum atomic E-state index is -1.39. The number of aromatic nitrogens is 1. The van der Waals surface area contributed by atoms with Crippen LogP contribution in [0.4, 0.5) is 4.79 Å². The van der Waals surface area contributed by atoms with Gasteiger partial charge in [0, 0.05) is 29.4 Å². The molecule has 2 amide bonds. The van der Waals surface area contributed by atoms with E-state index in [0.29, 0.717) is 18.3 Å². The van der Waals surface area contributed by atoms with Crippen molar-refractivity contribution in [1.82, 2.24) is 15.6 Å². The predicted octanol–water partition coefficient (Wildman–Crippen LogP) is 5.24. The van der Waals surface area contributed by atoms with Crippen LogP contribution in [-0.4, -0.2) is 47.2 Å².